The standard InChI is InChI=1S/C22H23N5O2/c1-25-15-13-23-21(25)20(16-8-4-3-5-9-16)24-19(28)12-14-27-18-11-7-6-10-17(18)26(2)22(27)29/h3-11,13,15,20H,12,14H2,1-2H3,(H,24,28)/t20-/m0/s1. The minimum absolute atomic E-state index is 0.122. The summed E-state index contributed by atoms with van der Waals surface area (Å²) in [5, 5.41) is 3.08. The molecule has 29 heavy (non-hydrogen) atoms. The largest absolute Gasteiger partial charge is 0.342 e. The molecule has 0 aliphatic heterocycles. The summed E-state index contributed by atoms with van der Waals surface area (Å²) < 4.78 is 5.15. The van der Waals surface area contributed by atoms with E-state index in [1.165, 1.54) is 0 Å². The smallest absolute Gasteiger partial charge is 0.328 e. The van der Waals surface area contributed by atoms with E-state index in [1.807, 2.05) is 72.4 Å². The minimum atomic E-state index is -0.354. The number of nitrogens with zero attached hydrogens (tertiary/aromatic N) is 4. The fourth-order valence-corrected chi connectivity index (χ4v) is 3.62. The Morgan fingerprint density at radius 1 is 1.03 bits per heavy atom. The van der Waals surface area contributed by atoms with Crippen molar-refractivity contribution in [2.24, 2.45) is 14.1 Å². The Balaban J connectivity index is 1.55. The quantitative estimate of drug-likeness (QED) is 0.550. The number of para-hydroxylation sites is 2. The highest BCUT2D eigenvalue weighted by Gasteiger charge is 2.21. The Labute approximate surface area is 168 Å². The number of carbonyl (C=O) groups is 1. The highest BCUT2D eigenvalue weighted by atomic mass is 16.2. The third kappa shape index (κ3) is 3.59. The van der Waals surface area contributed by atoms with Crippen molar-refractivity contribution in [2.75, 3.05) is 0 Å². The number of benzene rings is 2. The Morgan fingerprint density at radius 3 is 2.41 bits per heavy atom. The van der Waals surface area contributed by atoms with E-state index in [4.69, 9.17) is 0 Å². The summed E-state index contributed by atoms with van der Waals surface area (Å²) in [6.45, 7) is 0.314. The number of amides is 1. The molecule has 148 valence electrons. The normalized spacial score (nSPS) is 12.2. The number of aromatic nitrogens is 4. The molecule has 0 aliphatic rings. The summed E-state index contributed by atoms with van der Waals surface area (Å²) in [5.74, 6) is 0.619. The number of nitrogens with one attached hydrogen (secondary N) is 1. The molecule has 2 aromatic heterocycles. The lowest BCUT2D eigenvalue weighted by atomic mass is 10.1. The van der Waals surface area contributed by atoms with Crippen LogP contribution in [0.4, 0.5) is 0 Å². The van der Waals surface area contributed by atoms with Crippen molar-refractivity contribution >= 4 is 16.9 Å². The zero-order valence-corrected chi connectivity index (χ0v) is 16.4. The summed E-state index contributed by atoms with van der Waals surface area (Å²) in [7, 11) is 3.65. The van der Waals surface area contributed by atoms with E-state index in [1.54, 1.807) is 22.4 Å². The summed E-state index contributed by atoms with van der Waals surface area (Å²) in [6, 6.07) is 17.0. The first-order valence-corrected chi connectivity index (χ1v) is 9.52. The van der Waals surface area contributed by atoms with E-state index in [0.29, 0.717) is 6.54 Å². The second kappa shape index (κ2) is 7.79. The lowest BCUT2D eigenvalue weighted by Gasteiger charge is -2.19. The van der Waals surface area contributed by atoms with Crippen molar-refractivity contribution < 1.29 is 4.79 Å². The molecule has 0 aliphatic carbocycles. The first kappa shape index (κ1) is 18.7. The molecular formula is C22H23N5O2. The third-order valence-electron chi connectivity index (χ3n) is 5.17. The van der Waals surface area contributed by atoms with Gasteiger partial charge in [0.05, 0.1) is 11.0 Å². The van der Waals surface area contributed by atoms with Gasteiger partial charge in [-0.05, 0) is 17.7 Å². The number of carbonyl (C=O) groups excluding carboxylic acids is 1. The Bertz CT molecular complexity index is 1200. The van der Waals surface area contributed by atoms with Crippen LogP contribution >= 0.6 is 0 Å². The molecule has 0 radical (unpaired) electrons. The fraction of sp³-hybridized carbons (Fsp3) is 0.227. The maximum atomic E-state index is 12.8. The van der Waals surface area contributed by atoms with E-state index >= 15 is 0 Å². The number of hydrogen-bond acceptors (Lipinski definition) is 3. The summed E-state index contributed by atoms with van der Waals surface area (Å²) in [6.07, 6.45) is 3.77. The van der Waals surface area contributed by atoms with Crippen molar-refractivity contribution in [1.29, 1.82) is 0 Å². The molecule has 0 spiro atoms. The predicted molar refractivity (Wildman–Crippen MR) is 111 cm³/mol. The molecule has 7 heteroatoms. The topological polar surface area (TPSA) is 73.8 Å². The number of aryl methyl sites for hydroxylation is 3. The monoisotopic (exact) mass is 389 g/mol. The molecule has 0 fully saturated rings. The molecule has 4 aromatic rings. The maximum Gasteiger partial charge on any atom is 0.328 e. The lowest BCUT2D eigenvalue weighted by molar-refractivity contribution is -0.121. The van der Waals surface area contributed by atoms with Gasteiger partial charge >= 0.3 is 5.69 Å². The van der Waals surface area contributed by atoms with Gasteiger partial charge in [-0.2, -0.15) is 0 Å². The molecule has 7 nitrogen and oxygen atoms in total. The van der Waals surface area contributed by atoms with Crippen LogP contribution in [0.2, 0.25) is 0 Å². The third-order valence-corrected chi connectivity index (χ3v) is 5.17. The Morgan fingerprint density at radius 2 is 1.72 bits per heavy atom. The second-order valence-electron chi connectivity index (χ2n) is 7.04. The van der Waals surface area contributed by atoms with Crippen molar-refractivity contribution in [1.82, 2.24) is 24.0 Å². The second-order valence-corrected chi connectivity index (χ2v) is 7.04. The molecule has 0 saturated heterocycles. The number of hydrogen-bond donors (Lipinski definition) is 1. The average molecular weight is 389 g/mol. The van der Waals surface area contributed by atoms with Gasteiger partial charge in [-0.25, -0.2) is 9.78 Å². The van der Waals surface area contributed by atoms with Crippen molar-refractivity contribution in [3.05, 3.63) is 88.9 Å². The van der Waals surface area contributed by atoms with Crippen LogP contribution in [0.25, 0.3) is 11.0 Å². The van der Waals surface area contributed by atoms with E-state index < -0.39 is 0 Å². The van der Waals surface area contributed by atoms with Gasteiger partial charge in [0.15, 0.2) is 0 Å². The molecule has 0 bridgehead atoms. The van der Waals surface area contributed by atoms with Crippen molar-refractivity contribution in [3.63, 3.8) is 0 Å². The molecule has 1 amide bonds. The van der Waals surface area contributed by atoms with Crippen LogP contribution in [-0.4, -0.2) is 24.6 Å². The van der Waals surface area contributed by atoms with Crippen molar-refractivity contribution in [3.8, 4) is 0 Å². The average Bonchev–Trinajstić information content (AvgIpc) is 3.27. The first-order chi connectivity index (χ1) is 14.1. The van der Waals surface area contributed by atoms with E-state index in [9.17, 15) is 9.59 Å². The highest BCUT2D eigenvalue weighted by Crippen LogP contribution is 2.20. The SMILES string of the molecule is Cn1ccnc1[C@@H](NC(=O)CCn1c(=O)n(C)c2ccccc21)c1ccccc1. The first-order valence-electron chi connectivity index (χ1n) is 9.52. The highest BCUT2D eigenvalue weighted by molar-refractivity contribution is 5.78. The summed E-state index contributed by atoms with van der Waals surface area (Å²) >= 11 is 0. The summed E-state index contributed by atoms with van der Waals surface area (Å²) in [5.41, 5.74) is 2.52. The molecule has 0 saturated carbocycles. The van der Waals surface area contributed by atoms with Gasteiger partial charge in [0, 0.05) is 39.5 Å². The van der Waals surface area contributed by atoms with Crippen molar-refractivity contribution in [2.45, 2.75) is 19.0 Å². The van der Waals surface area contributed by atoms with E-state index in [2.05, 4.69) is 10.3 Å². The maximum absolute atomic E-state index is 12.8. The van der Waals surface area contributed by atoms with Gasteiger partial charge in [0.25, 0.3) is 0 Å². The van der Waals surface area contributed by atoms with Gasteiger partial charge in [0.1, 0.15) is 11.9 Å². The number of imidazole rings is 2. The van der Waals surface area contributed by atoms with Crippen LogP contribution in [0, 0.1) is 0 Å². The molecule has 1 N–H and O–H groups in total. The molecule has 1 atom stereocenters. The molecule has 2 aromatic carbocycles. The predicted octanol–water partition coefficient (Wildman–Crippen LogP) is 2.37. The Hall–Kier alpha value is -3.61. The van der Waals surface area contributed by atoms with Crippen LogP contribution in [-0.2, 0) is 25.4 Å². The lowest BCUT2D eigenvalue weighted by Crippen LogP contribution is -2.32. The Kier molecular flexibility index (Phi) is 5.03. The fourth-order valence-electron chi connectivity index (χ4n) is 3.62. The van der Waals surface area contributed by atoms with Crippen LogP contribution in [0.3, 0.4) is 0 Å². The molecule has 0 unspecified atom stereocenters. The zero-order chi connectivity index (χ0) is 20.4. The van der Waals surface area contributed by atoms with Crippen LogP contribution in [0.1, 0.15) is 23.9 Å². The van der Waals surface area contributed by atoms with E-state index in [-0.39, 0.29) is 24.1 Å². The summed E-state index contributed by atoms with van der Waals surface area (Å²) in [4.78, 5) is 29.8. The van der Waals surface area contributed by atoms with Crippen LogP contribution in [0.5, 0.6) is 0 Å². The van der Waals surface area contributed by atoms with E-state index in [0.717, 1.165) is 22.4 Å². The number of rotatable bonds is 6. The minimum Gasteiger partial charge on any atom is -0.342 e. The number of fused-ring (bicyclic) bond motifs is 1. The molecule has 2 heterocycles. The van der Waals surface area contributed by atoms with Gasteiger partial charge in [0.2, 0.25) is 5.91 Å². The van der Waals surface area contributed by atoms with Crippen LogP contribution < -0.4 is 11.0 Å². The van der Waals surface area contributed by atoms with Gasteiger partial charge in [-0.15, -0.1) is 0 Å². The van der Waals surface area contributed by atoms with Gasteiger partial charge in [-0.3, -0.25) is 13.9 Å². The van der Waals surface area contributed by atoms with Gasteiger partial charge < -0.3 is 9.88 Å². The van der Waals surface area contributed by atoms with Gasteiger partial charge in [-0.1, -0.05) is 42.5 Å². The van der Waals surface area contributed by atoms with Crippen LogP contribution in [0.15, 0.2) is 71.8 Å². The zero-order valence-electron chi connectivity index (χ0n) is 16.4. The molecule has 4 rings (SSSR count). The molecular weight excluding hydrogens is 366 g/mol.